The van der Waals surface area contributed by atoms with E-state index in [0.29, 0.717) is 12.4 Å². The zero-order chi connectivity index (χ0) is 15.4. The molecule has 1 unspecified atom stereocenters. The van der Waals surface area contributed by atoms with E-state index in [1.165, 1.54) is 12.1 Å². The molecule has 2 N–H and O–H groups in total. The van der Waals surface area contributed by atoms with Gasteiger partial charge in [-0.2, -0.15) is 0 Å². The fraction of sp³-hybridized carbons (Fsp3) is 0.357. The normalized spacial score (nSPS) is 12.0. The van der Waals surface area contributed by atoms with Gasteiger partial charge < -0.3 is 9.84 Å². The van der Waals surface area contributed by atoms with Gasteiger partial charge in [-0.1, -0.05) is 12.1 Å². The predicted molar refractivity (Wildman–Crippen MR) is 75.6 cm³/mol. The van der Waals surface area contributed by atoms with Crippen LogP contribution in [0.15, 0.2) is 22.9 Å². The van der Waals surface area contributed by atoms with E-state index in [1.54, 1.807) is 0 Å². The third-order valence-electron chi connectivity index (χ3n) is 3.12. The van der Waals surface area contributed by atoms with Gasteiger partial charge >= 0.3 is 6.03 Å². The molecule has 1 atom stereocenters. The lowest BCUT2D eigenvalue weighted by Crippen LogP contribution is -2.32. The molecule has 21 heavy (non-hydrogen) atoms. The van der Waals surface area contributed by atoms with Gasteiger partial charge in [-0.25, -0.2) is 14.2 Å². The third kappa shape index (κ3) is 3.77. The summed E-state index contributed by atoms with van der Waals surface area (Å²) < 4.78 is 17.8. The van der Waals surface area contributed by atoms with E-state index in [-0.39, 0.29) is 5.92 Å². The summed E-state index contributed by atoms with van der Waals surface area (Å²) in [7, 11) is 0. The Kier molecular flexibility index (Phi) is 4.52. The minimum absolute atomic E-state index is 0.0724. The highest BCUT2D eigenvalue weighted by Gasteiger charge is 2.17. The van der Waals surface area contributed by atoms with Crippen LogP contribution in [0.25, 0.3) is 0 Å². The molecule has 2 aromatic heterocycles. The van der Waals surface area contributed by atoms with Crippen LogP contribution in [-0.2, 0) is 0 Å². The standard InChI is InChI=1S/C14H17FN4O2/c1-8(13-9(2)19-21-10(13)3)6-17-14(20)18-12-5-4-11(15)7-16-12/h4-5,7-8H,6H2,1-3H3,(H2,16,17,18,20). The molecule has 2 amide bonds. The minimum atomic E-state index is -0.451. The van der Waals surface area contributed by atoms with E-state index >= 15 is 0 Å². The Morgan fingerprint density at radius 2 is 2.19 bits per heavy atom. The number of nitrogens with one attached hydrogen (secondary N) is 2. The number of rotatable bonds is 4. The summed E-state index contributed by atoms with van der Waals surface area (Å²) in [5.74, 6) is 0.664. The van der Waals surface area contributed by atoms with Crippen LogP contribution in [0.5, 0.6) is 0 Å². The van der Waals surface area contributed by atoms with Crippen LogP contribution in [0.3, 0.4) is 0 Å². The number of urea groups is 1. The van der Waals surface area contributed by atoms with Gasteiger partial charge in [0.1, 0.15) is 17.4 Å². The molecule has 2 aromatic rings. The number of carbonyl (C=O) groups is 1. The Balaban J connectivity index is 1.88. The topological polar surface area (TPSA) is 80.0 Å². The van der Waals surface area contributed by atoms with Crippen LogP contribution in [0.4, 0.5) is 15.0 Å². The molecule has 0 aliphatic heterocycles. The number of halogens is 1. The molecule has 2 rings (SSSR count). The summed E-state index contributed by atoms with van der Waals surface area (Å²) >= 11 is 0. The van der Waals surface area contributed by atoms with Crippen molar-refractivity contribution in [1.82, 2.24) is 15.5 Å². The summed E-state index contributed by atoms with van der Waals surface area (Å²) in [6.07, 6.45) is 1.04. The van der Waals surface area contributed by atoms with Gasteiger partial charge in [0.2, 0.25) is 0 Å². The molecule has 6 nitrogen and oxygen atoms in total. The lowest BCUT2D eigenvalue weighted by Gasteiger charge is -2.13. The Morgan fingerprint density at radius 3 is 2.76 bits per heavy atom. The number of amides is 2. The van der Waals surface area contributed by atoms with E-state index in [9.17, 15) is 9.18 Å². The number of anilines is 1. The molecule has 0 fully saturated rings. The van der Waals surface area contributed by atoms with Crippen LogP contribution < -0.4 is 10.6 Å². The quantitative estimate of drug-likeness (QED) is 0.908. The maximum atomic E-state index is 12.7. The fourth-order valence-corrected chi connectivity index (χ4v) is 2.15. The summed E-state index contributed by atoms with van der Waals surface area (Å²) in [6, 6.07) is 2.23. The highest BCUT2D eigenvalue weighted by Crippen LogP contribution is 2.22. The summed E-state index contributed by atoms with van der Waals surface area (Å²) in [5.41, 5.74) is 1.82. The molecule has 0 bridgehead atoms. The SMILES string of the molecule is Cc1noc(C)c1C(C)CNC(=O)Nc1ccc(F)cn1. The molecular formula is C14H17FN4O2. The number of aromatic nitrogens is 2. The van der Waals surface area contributed by atoms with Crippen LogP contribution in [-0.4, -0.2) is 22.7 Å². The van der Waals surface area contributed by atoms with E-state index < -0.39 is 11.8 Å². The first-order chi connectivity index (χ1) is 9.97. The minimum Gasteiger partial charge on any atom is -0.361 e. The molecular weight excluding hydrogens is 275 g/mol. The molecule has 0 saturated heterocycles. The first kappa shape index (κ1) is 15.0. The smallest absolute Gasteiger partial charge is 0.320 e. The molecule has 2 heterocycles. The van der Waals surface area contributed by atoms with E-state index in [1.807, 2.05) is 20.8 Å². The zero-order valence-electron chi connectivity index (χ0n) is 12.1. The van der Waals surface area contributed by atoms with E-state index in [0.717, 1.165) is 23.2 Å². The number of pyridine rings is 1. The summed E-state index contributed by atoms with van der Waals surface area (Å²) in [6.45, 7) is 6.11. The van der Waals surface area contributed by atoms with Gasteiger partial charge in [0.05, 0.1) is 11.9 Å². The van der Waals surface area contributed by atoms with E-state index in [2.05, 4.69) is 20.8 Å². The van der Waals surface area contributed by atoms with Crippen molar-refractivity contribution in [1.29, 1.82) is 0 Å². The van der Waals surface area contributed by atoms with Crippen LogP contribution >= 0.6 is 0 Å². The van der Waals surface area contributed by atoms with Crippen molar-refractivity contribution in [2.75, 3.05) is 11.9 Å². The van der Waals surface area contributed by atoms with Crippen molar-refractivity contribution in [2.45, 2.75) is 26.7 Å². The van der Waals surface area contributed by atoms with Gasteiger partial charge in [0.15, 0.2) is 0 Å². The van der Waals surface area contributed by atoms with E-state index in [4.69, 9.17) is 4.52 Å². The average Bonchev–Trinajstić information content (AvgIpc) is 2.78. The Bertz CT molecular complexity index is 605. The number of carbonyl (C=O) groups excluding carboxylic acids is 1. The number of aryl methyl sites for hydroxylation is 2. The van der Waals surface area contributed by atoms with Crippen molar-refractivity contribution in [3.63, 3.8) is 0 Å². The highest BCUT2D eigenvalue weighted by molar-refractivity contribution is 5.88. The molecule has 0 aromatic carbocycles. The lowest BCUT2D eigenvalue weighted by atomic mass is 10.00. The fourth-order valence-electron chi connectivity index (χ4n) is 2.15. The summed E-state index contributed by atoms with van der Waals surface area (Å²) in [5, 5.41) is 9.16. The predicted octanol–water partition coefficient (Wildman–Crippen LogP) is 2.75. The van der Waals surface area contributed by atoms with Crippen molar-refractivity contribution in [3.8, 4) is 0 Å². The molecule has 0 saturated carbocycles. The molecule has 0 spiro atoms. The molecule has 0 radical (unpaired) electrons. The van der Waals surface area contributed by atoms with Crippen LogP contribution in [0.1, 0.15) is 29.9 Å². The number of hydrogen-bond donors (Lipinski definition) is 2. The Labute approximate surface area is 121 Å². The number of nitrogens with zero attached hydrogens (tertiary/aromatic N) is 2. The van der Waals surface area contributed by atoms with Crippen molar-refractivity contribution in [3.05, 3.63) is 41.2 Å². The second-order valence-corrected chi connectivity index (χ2v) is 4.84. The number of hydrogen-bond acceptors (Lipinski definition) is 4. The van der Waals surface area contributed by atoms with Gasteiger partial charge in [-0.3, -0.25) is 5.32 Å². The Morgan fingerprint density at radius 1 is 1.43 bits per heavy atom. The van der Waals surface area contributed by atoms with Gasteiger partial charge in [-0.05, 0) is 26.0 Å². The molecule has 7 heteroatoms. The largest absolute Gasteiger partial charge is 0.361 e. The van der Waals surface area contributed by atoms with Gasteiger partial charge in [0.25, 0.3) is 0 Å². The Hall–Kier alpha value is -2.44. The maximum Gasteiger partial charge on any atom is 0.320 e. The zero-order valence-corrected chi connectivity index (χ0v) is 12.1. The molecule has 0 aliphatic rings. The molecule has 112 valence electrons. The summed E-state index contributed by atoms with van der Waals surface area (Å²) in [4.78, 5) is 15.5. The van der Waals surface area contributed by atoms with Gasteiger partial charge in [-0.15, -0.1) is 0 Å². The monoisotopic (exact) mass is 292 g/mol. The molecule has 0 aliphatic carbocycles. The average molecular weight is 292 g/mol. The maximum absolute atomic E-state index is 12.7. The first-order valence-corrected chi connectivity index (χ1v) is 6.56. The van der Waals surface area contributed by atoms with Crippen LogP contribution in [0, 0.1) is 19.7 Å². The van der Waals surface area contributed by atoms with Crippen LogP contribution in [0.2, 0.25) is 0 Å². The first-order valence-electron chi connectivity index (χ1n) is 6.56. The van der Waals surface area contributed by atoms with Crippen molar-refractivity contribution >= 4 is 11.8 Å². The third-order valence-corrected chi connectivity index (χ3v) is 3.12. The lowest BCUT2D eigenvalue weighted by molar-refractivity contribution is 0.251. The second-order valence-electron chi connectivity index (χ2n) is 4.84. The second kappa shape index (κ2) is 6.34. The van der Waals surface area contributed by atoms with Gasteiger partial charge in [0, 0.05) is 18.0 Å². The van der Waals surface area contributed by atoms with Crippen molar-refractivity contribution in [2.24, 2.45) is 0 Å². The van der Waals surface area contributed by atoms with Crippen molar-refractivity contribution < 1.29 is 13.7 Å². The highest BCUT2D eigenvalue weighted by atomic mass is 19.1.